The SMILES string of the molecule is Cc1cc(C(=O)NCCNC(=O)C(N)CCCCNC(=O)CCCCC2SCC3NC(=O)NC32)ccc1OCCOc1cc(-c2c3ccc(=[N+](C)C)cc-3oc3cc(N(C)C)ccc23)ccc1C. The van der Waals surface area contributed by atoms with Crippen LogP contribution in [0.15, 0.2) is 77.2 Å². The van der Waals surface area contributed by atoms with E-state index in [1.54, 1.807) is 18.2 Å². The van der Waals surface area contributed by atoms with Crippen molar-refractivity contribution in [2.24, 2.45) is 5.73 Å². The molecule has 15 nitrogen and oxygen atoms in total. The monoisotopic (exact) mass is 947 g/mol. The fourth-order valence-corrected chi connectivity index (χ4v) is 10.3. The summed E-state index contributed by atoms with van der Waals surface area (Å²) in [6, 6.07) is 23.8. The quantitative estimate of drug-likeness (QED) is 0.0222. The highest BCUT2D eigenvalue weighted by Crippen LogP contribution is 2.42. The van der Waals surface area contributed by atoms with Gasteiger partial charge in [0.1, 0.15) is 50.2 Å². The first kappa shape index (κ1) is 49.6. The number of unbranched alkanes of at least 4 members (excludes halogenated alkanes) is 2. The first-order valence-electron chi connectivity index (χ1n) is 23.7. The molecule has 1 aliphatic carbocycles. The van der Waals surface area contributed by atoms with Crippen LogP contribution in [0, 0.1) is 13.8 Å². The van der Waals surface area contributed by atoms with Gasteiger partial charge in [-0.2, -0.15) is 11.8 Å². The van der Waals surface area contributed by atoms with Crippen molar-refractivity contribution in [3.63, 3.8) is 0 Å². The van der Waals surface area contributed by atoms with E-state index in [0.29, 0.717) is 55.6 Å². The summed E-state index contributed by atoms with van der Waals surface area (Å²) in [4.78, 5) is 51.5. The topological polar surface area (TPSA) is 192 Å². The van der Waals surface area contributed by atoms with Crippen molar-refractivity contribution in [2.75, 3.05) is 71.7 Å². The van der Waals surface area contributed by atoms with Gasteiger partial charge in [-0.05, 0) is 105 Å². The molecule has 16 heteroatoms. The van der Waals surface area contributed by atoms with Gasteiger partial charge in [-0.15, -0.1) is 0 Å². The zero-order valence-corrected chi connectivity index (χ0v) is 41.0. The molecule has 362 valence electrons. The third-order valence-corrected chi connectivity index (χ3v) is 14.1. The predicted octanol–water partition coefficient (Wildman–Crippen LogP) is 5.56. The number of ether oxygens (including phenoxy) is 2. The summed E-state index contributed by atoms with van der Waals surface area (Å²) < 4.78 is 21.0. The van der Waals surface area contributed by atoms with E-state index in [2.05, 4.69) is 90.7 Å². The Kier molecular flexibility index (Phi) is 16.9. The summed E-state index contributed by atoms with van der Waals surface area (Å²) in [7, 11) is 8.08. The molecule has 0 bridgehead atoms. The fraction of sp³-hybridized carbons (Fsp3) is 0.442. The normalized spacial score (nSPS) is 16.7. The van der Waals surface area contributed by atoms with Crippen LogP contribution in [-0.4, -0.2) is 114 Å². The van der Waals surface area contributed by atoms with E-state index in [0.717, 1.165) is 92.8 Å². The lowest BCUT2D eigenvalue weighted by atomic mass is 9.93. The van der Waals surface area contributed by atoms with Crippen molar-refractivity contribution in [3.8, 4) is 33.9 Å². The van der Waals surface area contributed by atoms with Crippen molar-refractivity contribution in [3.05, 3.63) is 94.8 Å². The van der Waals surface area contributed by atoms with Gasteiger partial charge >= 0.3 is 6.03 Å². The molecular weight excluding hydrogens is 881 g/mol. The Labute approximate surface area is 403 Å². The van der Waals surface area contributed by atoms with Gasteiger partial charge in [0.25, 0.3) is 5.91 Å². The number of anilines is 1. The molecule has 3 aromatic rings. The van der Waals surface area contributed by atoms with Gasteiger partial charge < -0.3 is 51.1 Å². The number of nitrogens with one attached hydrogen (secondary N) is 5. The zero-order valence-electron chi connectivity index (χ0n) is 40.2. The lowest BCUT2D eigenvalue weighted by Crippen LogP contribution is -2.43. The van der Waals surface area contributed by atoms with Crippen LogP contribution in [0.2, 0.25) is 0 Å². The number of rotatable bonds is 22. The Bertz CT molecular complexity index is 2650. The number of urea groups is 1. The number of benzene rings is 4. The summed E-state index contributed by atoms with van der Waals surface area (Å²) in [6.07, 6.45) is 5.12. The average molecular weight is 948 g/mol. The number of thioether (sulfide) groups is 1. The Hall–Kier alpha value is -6.26. The summed E-state index contributed by atoms with van der Waals surface area (Å²) in [5.41, 5.74) is 13.4. The molecule has 0 saturated carbocycles. The highest BCUT2D eigenvalue weighted by atomic mass is 32.2. The van der Waals surface area contributed by atoms with E-state index in [1.807, 2.05) is 53.8 Å². The molecule has 4 unspecified atom stereocenters. The smallest absolute Gasteiger partial charge is 0.315 e. The zero-order chi connectivity index (χ0) is 48.3. The first-order chi connectivity index (χ1) is 32.7. The Morgan fingerprint density at radius 2 is 1.65 bits per heavy atom. The summed E-state index contributed by atoms with van der Waals surface area (Å²) in [6.45, 7) is 5.56. The van der Waals surface area contributed by atoms with E-state index in [-0.39, 0.29) is 48.9 Å². The van der Waals surface area contributed by atoms with E-state index in [4.69, 9.17) is 19.6 Å². The molecule has 7 rings (SSSR count). The van der Waals surface area contributed by atoms with Crippen molar-refractivity contribution in [1.82, 2.24) is 31.2 Å². The molecule has 2 fully saturated rings. The molecule has 4 aliphatic rings. The second-order valence-corrected chi connectivity index (χ2v) is 19.4. The minimum atomic E-state index is -0.675. The Balaban J connectivity index is 0.797. The van der Waals surface area contributed by atoms with E-state index in [9.17, 15) is 19.2 Å². The van der Waals surface area contributed by atoms with Crippen molar-refractivity contribution in [2.45, 2.75) is 82.2 Å². The molecule has 2 saturated heterocycles. The van der Waals surface area contributed by atoms with Gasteiger partial charge in [0.05, 0.1) is 24.2 Å². The Morgan fingerprint density at radius 3 is 2.43 bits per heavy atom. The van der Waals surface area contributed by atoms with E-state index < -0.39 is 6.04 Å². The van der Waals surface area contributed by atoms with Crippen molar-refractivity contribution >= 4 is 52.2 Å². The van der Waals surface area contributed by atoms with Gasteiger partial charge in [-0.25, -0.2) is 9.37 Å². The standard InChI is InChI=1S/C52H66N8O7S/c1-32-14-15-34(48-38-19-17-36(59(3)4)29-44(38)67-45-30-37(60(5)6)18-20-39(45)48)28-43(32)66-26-25-65-42-21-16-35(27-33(42)2)50(62)55-23-24-56-51(63)40(53)11-9-10-22-54-47(61)13-8-7-12-46-49-41(31-68-46)57-52(64)58-49/h14-21,27-30,40-41,46,49H,7-13,22-26,31,53H2,1-6H3,(H4-,54,55,56,57,58,61,62,63,64)/p+1. The summed E-state index contributed by atoms with van der Waals surface area (Å²) in [5, 5.41) is 17.0. The van der Waals surface area contributed by atoms with Crippen LogP contribution >= 0.6 is 11.8 Å². The van der Waals surface area contributed by atoms with Crippen LogP contribution in [-0.2, 0) is 9.59 Å². The van der Waals surface area contributed by atoms with Crippen LogP contribution in [0.3, 0.4) is 0 Å². The fourth-order valence-electron chi connectivity index (χ4n) is 8.71. The minimum Gasteiger partial charge on any atom is -0.490 e. The van der Waals surface area contributed by atoms with Crippen LogP contribution in [0.4, 0.5) is 10.5 Å². The lowest BCUT2D eigenvalue weighted by molar-refractivity contribution is -0.123. The summed E-state index contributed by atoms with van der Waals surface area (Å²) in [5.74, 6) is 2.64. The second kappa shape index (κ2) is 23.2. The molecule has 0 radical (unpaired) electrons. The van der Waals surface area contributed by atoms with Crippen molar-refractivity contribution < 1.29 is 33.1 Å². The highest BCUT2D eigenvalue weighted by molar-refractivity contribution is 8.00. The van der Waals surface area contributed by atoms with Crippen LogP contribution < -0.4 is 56.6 Å². The number of aryl methyl sites for hydroxylation is 2. The number of carbonyl (C=O) groups excluding carboxylic acids is 4. The number of amides is 5. The van der Waals surface area contributed by atoms with E-state index >= 15 is 0 Å². The lowest BCUT2D eigenvalue weighted by Gasteiger charge is -2.19. The molecule has 0 spiro atoms. The van der Waals surface area contributed by atoms with Gasteiger partial charge in [0.2, 0.25) is 17.2 Å². The molecule has 3 heterocycles. The first-order valence-corrected chi connectivity index (χ1v) is 24.7. The Morgan fingerprint density at radius 1 is 0.853 bits per heavy atom. The highest BCUT2D eigenvalue weighted by Gasteiger charge is 2.42. The molecule has 4 atom stereocenters. The number of hydrogen-bond acceptors (Lipinski definition) is 10. The minimum absolute atomic E-state index is 0.0268. The third-order valence-electron chi connectivity index (χ3n) is 12.6. The molecular formula is C52H67N8O7S+. The maximum absolute atomic E-state index is 13.0. The van der Waals surface area contributed by atoms with Gasteiger partial charge in [-0.3, -0.25) is 14.4 Å². The molecule has 68 heavy (non-hydrogen) atoms. The largest absolute Gasteiger partial charge is 0.490 e. The second-order valence-electron chi connectivity index (χ2n) is 18.2. The van der Waals surface area contributed by atoms with E-state index in [1.165, 1.54) is 0 Å². The molecule has 3 aromatic carbocycles. The number of fused-ring (bicyclic) bond motifs is 3. The van der Waals surface area contributed by atoms with Crippen LogP contribution in [0.5, 0.6) is 11.5 Å². The van der Waals surface area contributed by atoms with Gasteiger partial charge in [-0.1, -0.05) is 18.6 Å². The predicted molar refractivity (Wildman–Crippen MR) is 271 cm³/mol. The number of carbonyl (C=O) groups is 4. The van der Waals surface area contributed by atoms with Crippen LogP contribution in [0.25, 0.3) is 33.4 Å². The average Bonchev–Trinajstić information content (AvgIpc) is 3.88. The summed E-state index contributed by atoms with van der Waals surface area (Å²) >= 11 is 1.89. The molecule has 0 aromatic heterocycles. The molecule has 3 aliphatic heterocycles. The van der Waals surface area contributed by atoms with Crippen molar-refractivity contribution in [1.29, 1.82) is 0 Å². The maximum Gasteiger partial charge on any atom is 0.315 e. The third kappa shape index (κ3) is 12.6. The maximum atomic E-state index is 13.0. The van der Waals surface area contributed by atoms with Gasteiger partial charge in [0.15, 0.2) is 0 Å². The van der Waals surface area contributed by atoms with Gasteiger partial charge in [0, 0.05) is 91.0 Å². The van der Waals surface area contributed by atoms with Crippen LogP contribution in [0.1, 0.15) is 66.4 Å². The number of nitrogens with zero attached hydrogens (tertiary/aromatic N) is 2. The molecule has 5 amide bonds. The number of hydrogen-bond donors (Lipinski definition) is 6. The number of nitrogens with two attached hydrogens (primary N) is 1. The molecule has 7 N–H and O–H groups in total.